The van der Waals surface area contributed by atoms with Crippen LogP contribution in [0.2, 0.25) is 0 Å². The molecule has 5 heteroatoms. The number of aryl methyl sites for hydroxylation is 1. The van der Waals surface area contributed by atoms with E-state index in [2.05, 4.69) is 36.2 Å². The Hall–Kier alpha value is -0.550. The molecule has 0 radical (unpaired) electrons. The van der Waals surface area contributed by atoms with Gasteiger partial charge in [0.1, 0.15) is 12.2 Å². The average Bonchev–Trinajstić information content (AvgIpc) is 2.80. The van der Waals surface area contributed by atoms with Crippen molar-refractivity contribution < 1.29 is 0 Å². The van der Waals surface area contributed by atoms with Crippen LogP contribution < -0.4 is 5.32 Å². The summed E-state index contributed by atoms with van der Waals surface area (Å²) >= 11 is 1.99. The quantitative estimate of drug-likeness (QED) is 0.709. The summed E-state index contributed by atoms with van der Waals surface area (Å²) in [7, 11) is 0. The molecule has 1 heterocycles. The van der Waals surface area contributed by atoms with E-state index in [0.717, 1.165) is 37.5 Å². The minimum Gasteiger partial charge on any atom is -0.313 e. The lowest BCUT2D eigenvalue weighted by atomic mass is 10.2. The Morgan fingerprint density at radius 3 is 2.83 bits per heavy atom. The Balaban J connectivity index is 2.53. The molecule has 18 heavy (non-hydrogen) atoms. The molecule has 1 unspecified atom stereocenters. The van der Waals surface area contributed by atoms with Gasteiger partial charge in [0.05, 0.1) is 0 Å². The molecule has 0 fully saturated rings. The molecule has 1 rings (SSSR count). The van der Waals surface area contributed by atoms with Crippen molar-refractivity contribution in [1.29, 1.82) is 0 Å². The molecule has 0 aliphatic carbocycles. The molecule has 0 aromatic carbocycles. The van der Waals surface area contributed by atoms with Gasteiger partial charge in [-0.2, -0.15) is 16.9 Å². The predicted molar refractivity (Wildman–Crippen MR) is 79.1 cm³/mol. The Labute approximate surface area is 115 Å². The number of thioether (sulfide) groups is 1. The number of nitrogens with one attached hydrogen (secondary N) is 1. The van der Waals surface area contributed by atoms with Crippen molar-refractivity contribution in [2.45, 2.75) is 52.6 Å². The summed E-state index contributed by atoms with van der Waals surface area (Å²) in [5.41, 5.74) is 0. The van der Waals surface area contributed by atoms with Crippen LogP contribution in [0.15, 0.2) is 6.33 Å². The number of nitrogens with zero attached hydrogens (tertiary/aromatic N) is 3. The van der Waals surface area contributed by atoms with Gasteiger partial charge in [-0.1, -0.05) is 20.8 Å². The van der Waals surface area contributed by atoms with Gasteiger partial charge >= 0.3 is 0 Å². The first kappa shape index (κ1) is 15.5. The van der Waals surface area contributed by atoms with Gasteiger partial charge in [0, 0.05) is 24.8 Å². The zero-order valence-corrected chi connectivity index (χ0v) is 12.7. The average molecular weight is 270 g/mol. The van der Waals surface area contributed by atoms with Crippen molar-refractivity contribution in [3.05, 3.63) is 12.2 Å². The zero-order valence-electron chi connectivity index (χ0n) is 11.9. The fraction of sp³-hybridized carbons (Fsp3) is 0.846. The molecule has 0 aliphatic heterocycles. The van der Waals surface area contributed by atoms with Crippen LogP contribution in [0.4, 0.5) is 0 Å². The van der Waals surface area contributed by atoms with E-state index < -0.39 is 0 Å². The van der Waals surface area contributed by atoms with Crippen molar-refractivity contribution in [2.24, 2.45) is 0 Å². The van der Waals surface area contributed by atoms with Crippen LogP contribution in [-0.4, -0.2) is 38.9 Å². The summed E-state index contributed by atoms with van der Waals surface area (Å²) in [6.07, 6.45) is 4.93. The number of hydrogen-bond donors (Lipinski definition) is 1. The van der Waals surface area contributed by atoms with Crippen LogP contribution in [0, 0.1) is 0 Å². The van der Waals surface area contributed by atoms with E-state index in [1.54, 1.807) is 6.33 Å². The van der Waals surface area contributed by atoms with E-state index in [9.17, 15) is 0 Å². The summed E-state index contributed by atoms with van der Waals surface area (Å²) < 4.78 is 2.04. The molecule has 1 N–H and O–H groups in total. The Kier molecular flexibility index (Phi) is 8.09. The third-order valence-electron chi connectivity index (χ3n) is 2.77. The van der Waals surface area contributed by atoms with E-state index in [4.69, 9.17) is 0 Å². The minimum atomic E-state index is 0.509. The lowest BCUT2D eigenvalue weighted by Crippen LogP contribution is -2.35. The second kappa shape index (κ2) is 9.39. The maximum Gasteiger partial charge on any atom is 0.138 e. The number of aromatic nitrogens is 3. The van der Waals surface area contributed by atoms with Crippen LogP contribution in [-0.2, 0) is 13.0 Å². The summed E-state index contributed by atoms with van der Waals surface area (Å²) in [4.78, 5) is 4.39. The molecular weight excluding hydrogens is 244 g/mol. The maximum absolute atomic E-state index is 4.39. The third-order valence-corrected chi connectivity index (χ3v) is 3.81. The highest BCUT2D eigenvalue weighted by Gasteiger charge is 2.12. The summed E-state index contributed by atoms with van der Waals surface area (Å²) in [6, 6.07) is 0.509. The summed E-state index contributed by atoms with van der Waals surface area (Å²) in [5, 5.41) is 7.90. The van der Waals surface area contributed by atoms with E-state index in [0.29, 0.717) is 6.04 Å². The van der Waals surface area contributed by atoms with Gasteiger partial charge in [-0.05, 0) is 25.1 Å². The molecule has 0 spiro atoms. The highest BCUT2D eigenvalue weighted by atomic mass is 32.2. The van der Waals surface area contributed by atoms with Gasteiger partial charge < -0.3 is 5.32 Å². The molecule has 1 atom stereocenters. The predicted octanol–water partition coefficient (Wildman–Crippen LogP) is 2.35. The Morgan fingerprint density at radius 2 is 2.17 bits per heavy atom. The summed E-state index contributed by atoms with van der Waals surface area (Å²) in [6.45, 7) is 8.64. The normalized spacial score (nSPS) is 12.8. The first-order chi connectivity index (χ1) is 8.81. The molecule has 0 bridgehead atoms. The fourth-order valence-electron chi connectivity index (χ4n) is 1.86. The topological polar surface area (TPSA) is 42.7 Å². The SMILES string of the molecule is CCCNC(CSCC)Cc1ncnn1CCC. The summed E-state index contributed by atoms with van der Waals surface area (Å²) in [5.74, 6) is 3.43. The van der Waals surface area contributed by atoms with Crippen LogP contribution in [0.5, 0.6) is 0 Å². The van der Waals surface area contributed by atoms with Crippen molar-refractivity contribution in [2.75, 3.05) is 18.1 Å². The molecule has 0 saturated heterocycles. The second-order valence-electron chi connectivity index (χ2n) is 4.41. The van der Waals surface area contributed by atoms with Gasteiger partial charge in [0.2, 0.25) is 0 Å². The van der Waals surface area contributed by atoms with Gasteiger partial charge in [-0.15, -0.1) is 0 Å². The molecule has 104 valence electrons. The zero-order chi connectivity index (χ0) is 13.2. The fourth-order valence-corrected chi connectivity index (χ4v) is 2.62. The van der Waals surface area contributed by atoms with Gasteiger partial charge in [0.25, 0.3) is 0 Å². The second-order valence-corrected chi connectivity index (χ2v) is 5.73. The van der Waals surface area contributed by atoms with E-state index in [1.807, 2.05) is 16.4 Å². The highest BCUT2D eigenvalue weighted by Crippen LogP contribution is 2.08. The van der Waals surface area contributed by atoms with Crippen molar-refractivity contribution in [3.63, 3.8) is 0 Å². The third kappa shape index (κ3) is 5.40. The molecule has 0 amide bonds. The van der Waals surface area contributed by atoms with Gasteiger partial charge in [0.15, 0.2) is 0 Å². The van der Waals surface area contributed by atoms with Crippen molar-refractivity contribution in [3.8, 4) is 0 Å². The first-order valence-corrected chi connectivity index (χ1v) is 8.15. The minimum absolute atomic E-state index is 0.509. The van der Waals surface area contributed by atoms with Crippen molar-refractivity contribution in [1.82, 2.24) is 20.1 Å². The van der Waals surface area contributed by atoms with E-state index >= 15 is 0 Å². The molecular formula is C13H26N4S. The maximum atomic E-state index is 4.39. The monoisotopic (exact) mass is 270 g/mol. The lowest BCUT2D eigenvalue weighted by molar-refractivity contribution is 0.503. The van der Waals surface area contributed by atoms with E-state index in [-0.39, 0.29) is 0 Å². The Morgan fingerprint density at radius 1 is 1.33 bits per heavy atom. The van der Waals surface area contributed by atoms with Crippen LogP contribution in [0.1, 0.15) is 39.4 Å². The lowest BCUT2D eigenvalue weighted by Gasteiger charge is -2.17. The number of rotatable bonds is 10. The van der Waals surface area contributed by atoms with E-state index in [1.165, 1.54) is 12.2 Å². The van der Waals surface area contributed by atoms with Crippen molar-refractivity contribution >= 4 is 11.8 Å². The Bertz CT molecular complexity index is 306. The molecule has 4 nitrogen and oxygen atoms in total. The van der Waals surface area contributed by atoms with Gasteiger partial charge in [-0.25, -0.2) is 4.98 Å². The van der Waals surface area contributed by atoms with Crippen LogP contribution in [0.25, 0.3) is 0 Å². The van der Waals surface area contributed by atoms with Crippen LogP contribution >= 0.6 is 11.8 Å². The first-order valence-electron chi connectivity index (χ1n) is 6.99. The number of hydrogen-bond acceptors (Lipinski definition) is 4. The van der Waals surface area contributed by atoms with Crippen LogP contribution in [0.3, 0.4) is 0 Å². The molecule has 0 aliphatic rings. The van der Waals surface area contributed by atoms with Gasteiger partial charge in [-0.3, -0.25) is 4.68 Å². The molecule has 0 saturated carbocycles. The molecule has 1 aromatic heterocycles. The standard InChI is InChI=1S/C13H26N4S/c1-4-7-14-12(10-18-6-3)9-13-15-11-16-17(13)8-5-2/h11-12,14H,4-10H2,1-3H3. The molecule has 1 aromatic rings. The highest BCUT2D eigenvalue weighted by molar-refractivity contribution is 7.99. The largest absolute Gasteiger partial charge is 0.313 e. The smallest absolute Gasteiger partial charge is 0.138 e.